The van der Waals surface area contributed by atoms with Crippen molar-refractivity contribution >= 4 is 11.9 Å². The van der Waals surface area contributed by atoms with Crippen LogP contribution in [-0.4, -0.2) is 34.2 Å². The minimum Gasteiger partial charge on any atom is -0.478 e. The largest absolute Gasteiger partial charge is 0.478 e. The first-order valence-electron chi connectivity index (χ1n) is 10.9. The summed E-state index contributed by atoms with van der Waals surface area (Å²) in [5.74, 6) is 0.615. The molecule has 2 saturated carbocycles. The van der Waals surface area contributed by atoms with Gasteiger partial charge in [0, 0.05) is 12.1 Å². The summed E-state index contributed by atoms with van der Waals surface area (Å²) in [6, 6.07) is 6.17. The van der Waals surface area contributed by atoms with Gasteiger partial charge in [-0.2, -0.15) is 0 Å². The molecule has 2 fully saturated rings. The van der Waals surface area contributed by atoms with E-state index in [1.165, 1.54) is 76.0 Å². The number of aromatic carboxylic acids is 2. The molecule has 0 saturated heterocycles. The molecule has 0 amide bonds. The molecule has 29 heavy (non-hydrogen) atoms. The van der Waals surface area contributed by atoms with E-state index in [0.717, 1.165) is 23.8 Å². The molecule has 6 nitrogen and oxygen atoms in total. The third-order valence-corrected chi connectivity index (χ3v) is 6.67. The Morgan fingerprint density at radius 2 is 1.24 bits per heavy atom. The van der Waals surface area contributed by atoms with Gasteiger partial charge in [-0.3, -0.25) is 0 Å². The van der Waals surface area contributed by atoms with Crippen LogP contribution in [0.4, 0.5) is 0 Å². The first-order valence-corrected chi connectivity index (χ1v) is 10.9. The molecule has 0 aliphatic heterocycles. The second kappa shape index (κ2) is 11.3. The molecule has 0 unspecified atom stereocenters. The van der Waals surface area contributed by atoms with Crippen molar-refractivity contribution in [2.45, 2.75) is 76.8 Å². The van der Waals surface area contributed by atoms with Crippen molar-refractivity contribution in [2.75, 3.05) is 0 Å². The van der Waals surface area contributed by atoms with E-state index in [2.05, 4.69) is 6.92 Å². The summed E-state index contributed by atoms with van der Waals surface area (Å²) < 4.78 is 0. The lowest BCUT2D eigenvalue weighted by Crippen LogP contribution is -2.35. The van der Waals surface area contributed by atoms with Gasteiger partial charge < -0.3 is 21.7 Å². The molecule has 0 heterocycles. The highest BCUT2D eigenvalue weighted by molar-refractivity contribution is 5.93. The van der Waals surface area contributed by atoms with E-state index in [1.807, 2.05) is 0 Å². The fourth-order valence-corrected chi connectivity index (χ4v) is 4.98. The first kappa shape index (κ1) is 23.4. The molecule has 0 bridgehead atoms. The number of hydrogen-bond acceptors (Lipinski definition) is 4. The normalized spacial score (nSPS) is 28.0. The monoisotopic (exact) mass is 404 g/mol. The number of carbonyl (C=O) groups is 2. The van der Waals surface area contributed by atoms with Crippen LogP contribution in [0.3, 0.4) is 0 Å². The van der Waals surface area contributed by atoms with E-state index < -0.39 is 11.9 Å². The Kier molecular flexibility index (Phi) is 9.11. The van der Waals surface area contributed by atoms with Crippen molar-refractivity contribution in [3.63, 3.8) is 0 Å². The summed E-state index contributed by atoms with van der Waals surface area (Å²) in [7, 11) is 0. The third kappa shape index (κ3) is 7.12. The zero-order valence-electron chi connectivity index (χ0n) is 17.4. The molecular weight excluding hydrogens is 368 g/mol. The zero-order chi connectivity index (χ0) is 21.4. The Bertz CT molecular complexity index is 611. The number of carboxylic acids is 2. The number of benzene rings is 1. The molecule has 1 aromatic rings. The van der Waals surface area contributed by atoms with Gasteiger partial charge in [-0.05, 0) is 87.3 Å². The Balaban J connectivity index is 0.000000221. The fourth-order valence-electron chi connectivity index (χ4n) is 4.98. The van der Waals surface area contributed by atoms with Crippen LogP contribution in [0.2, 0.25) is 0 Å². The van der Waals surface area contributed by atoms with Crippen LogP contribution >= 0.6 is 0 Å². The van der Waals surface area contributed by atoms with E-state index >= 15 is 0 Å². The van der Waals surface area contributed by atoms with Crippen LogP contribution in [0, 0.1) is 17.8 Å². The Hall–Kier alpha value is -1.92. The number of rotatable bonds is 5. The van der Waals surface area contributed by atoms with Crippen molar-refractivity contribution in [3.05, 3.63) is 35.4 Å². The van der Waals surface area contributed by atoms with Gasteiger partial charge in [0.2, 0.25) is 0 Å². The van der Waals surface area contributed by atoms with Crippen molar-refractivity contribution in [1.82, 2.24) is 0 Å². The van der Waals surface area contributed by atoms with E-state index in [1.54, 1.807) is 0 Å². The fraction of sp³-hybridized carbons (Fsp3) is 0.652. The van der Waals surface area contributed by atoms with E-state index in [0.29, 0.717) is 12.1 Å². The number of hydrogen-bond donors (Lipinski definition) is 4. The van der Waals surface area contributed by atoms with Gasteiger partial charge in [0.25, 0.3) is 0 Å². The lowest BCUT2D eigenvalue weighted by Gasteiger charge is -2.39. The van der Waals surface area contributed by atoms with Crippen molar-refractivity contribution in [3.8, 4) is 0 Å². The van der Waals surface area contributed by atoms with Crippen LogP contribution in [0.1, 0.15) is 85.4 Å². The third-order valence-electron chi connectivity index (χ3n) is 6.67. The lowest BCUT2D eigenvalue weighted by atomic mass is 9.67. The molecule has 0 atom stereocenters. The highest BCUT2D eigenvalue weighted by atomic mass is 16.4. The summed E-state index contributed by atoms with van der Waals surface area (Å²) in [5, 5.41) is 17.0. The molecule has 1 aromatic carbocycles. The van der Waals surface area contributed by atoms with Gasteiger partial charge in [-0.15, -0.1) is 0 Å². The highest BCUT2D eigenvalue weighted by Gasteiger charge is 2.32. The predicted octanol–water partition coefficient (Wildman–Crippen LogP) is 4.13. The van der Waals surface area contributed by atoms with Crippen LogP contribution in [-0.2, 0) is 0 Å². The summed E-state index contributed by atoms with van der Waals surface area (Å²) in [6.07, 6.45) is 11.9. The maximum atomic E-state index is 10.4. The van der Waals surface area contributed by atoms with E-state index in [9.17, 15) is 9.59 Å². The van der Waals surface area contributed by atoms with Gasteiger partial charge in [0.1, 0.15) is 0 Å². The highest BCUT2D eigenvalue weighted by Crippen LogP contribution is 2.41. The second-order valence-corrected chi connectivity index (χ2v) is 8.61. The summed E-state index contributed by atoms with van der Waals surface area (Å²) in [6.45, 7) is 2.38. The Morgan fingerprint density at radius 3 is 1.55 bits per heavy atom. The molecule has 0 radical (unpaired) electrons. The zero-order valence-corrected chi connectivity index (χ0v) is 17.4. The minimum atomic E-state index is -1.13. The molecule has 6 heteroatoms. The number of carboxylic acid groups (broad SMARTS) is 2. The Morgan fingerprint density at radius 1 is 0.862 bits per heavy atom. The van der Waals surface area contributed by atoms with Crippen LogP contribution in [0.5, 0.6) is 0 Å². The van der Waals surface area contributed by atoms with Gasteiger partial charge in [-0.25, -0.2) is 9.59 Å². The average molecular weight is 405 g/mol. The smallest absolute Gasteiger partial charge is 0.335 e. The van der Waals surface area contributed by atoms with Gasteiger partial charge >= 0.3 is 11.9 Å². The molecule has 6 N–H and O–H groups in total. The molecule has 162 valence electrons. The van der Waals surface area contributed by atoms with Crippen LogP contribution in [0.25, 0.3) is 0 Å². The minimum absolute atomic E-state index is 0.0186. The number of nitrogens with two attached hydrogens (primary N) is 2. The average Bonchev–Trinajstić information content (AvgIpc) is 2.72. The second-order valence-electron chi connectivity index (χ2n) is 8.61. The molecule has 2 aliphatic carbocycles. The van der Waals surface area contributed by atoms with Crippen molar-refractivity contribution in [2.24, 2.45) is 29.2 Å². The van der Waals surface area contributed by atoms with Gasteiger partial charge in [-0.1, -0.05) is 19.4 Å². The summed E-state index contributed by atoms with van der Waals surface area (Å²) in [4.78, 5) is 20.8. The van der Waals surface area contributed by atoms with Gasteiger partial charge in [0.05, 0.1) is 11.1 Å². The quantitative estimate of drug-likeness (QED) is 0.584. The van der Waals surface area contributed by atoms with Gasteiger partial charge in [0.15, 0.2) is 0 Å². The maximum absolute atomic E-state index is 10.4. The molecule has 0 spiro atoms. The summed E-state index contributed by atoms with van der Waals surface area (Å²) >= 11 is 0. The predicted molar refractivity (Wildman–Crippen MR) is 114 cm³/mol. The first-order chi connectivity index (χ1) is 13.8. The summed E-state index contributed by atoms with van der Waals surface area (Å²) in [5.41, 5.74) is 12.0. The standard InChI is InChI=1S/C15H30N2.C8H6O4/c1-2-15(11-3-7-13(16)8-4-11)12-5-9-14(17)10-6-12;9-7(10)5-2-1-3-6(4-5)8(11)12/h11-15H,2-10,16-17H2,1H3;1-4H,(H,9,10)(H,11,12). The molecular formula is C23H36N2O4. The van der Waals surface area contributed by atoms with Crippen molar-refractivity contribution in [1.29, 1.82) is 0 Å². The lowest BCUT2D eigenvalue weighted by molar-refractivity contribution is 0.0696. The maximum Gasteiger partial charge on any atom is 0.335 e. The molecule has 2 aliphatic rings. The SMILES string of the molecule is CCC(C1CCC(N)CC1)C1CCC(N)CC1.O=C(O)c1cccc(C(=O)O)c1. The molecule has 0 aromatic heterocycles. The van der Waals surface area contributed by atoms with E-state index in [-0.39, 0.29) is 11.1 Å². The topological polar surface area (TPSA) is 127 Å². The van der Waals surface area contributed by atoms with Crippen LogP contribution < -0.4 is 11.5 Å². The molecule has 3 rings (SSSR count). The van der Waals surface area contributed by atoms with E-state index in [4.69, 9.17) is 21.7 Å². The van der Waals surface area contributed by atoms with Crippen LogP contribution in [0.15, 0.2) is 24.3 Å². The van der Waals surface area contributed by atoms with Crippen molar-refractivity contribution < 1.29 is 19.8 Å². The Labute approximate surface area is 173 Å².